The van der Waals surface area contributed by atoms with Crippen molar-refractivity contribution in [2.75, 3.05) is 7.11 Å². The van der Waals surface area contributed by atoms with Crippen LogP contribution in [0.5, 0.6) is 5.75 Å². The topological polar surface area (TPSA) is 92.5 Å². The van der Waals surface area contributed by atoms with Crippen LogP contribution in [0.4, 0.5) is 13.2 Å². The second kappa shape index (κ2) is 7.23. The second-order valence-electron chi connectivity index (χ2n) is 7.52. The average molecular weight is 445 g/mol. The Labute approximate surface area is 180 Å². The van der Waals surface area contributed by atoms with Gasteiger partial charge in [-0.1, -0.05) is 12.1 Å². The number of nitrogens with one attached hydrogen (secondary N) is 2. The number of oxazole rings is 1. The lowest BCUT2D eigenvalue weighted by atomic mass is 9.92. The van der Waals surface area contributed by atoms with Gasteiger partial charge in [-0.15, -0.1) is 0 Å². The summed E-state index contributed by atoms with van der Waals surface area (Å²) in [5, 5.41) is 3.98. The average Bonchev–Trinajstić information content (AvgIpc) is 3.36. The van der Waals surface area contributed by atoms with Gasteiger partial charge >= 0.3 is 6.18 Å². The summed E-state index contributed by atoms with van der Waals surface area (Å²) in [5.41, 5.74) is 3.75. The van der Waals surface area contributed by atoms with Crippen molar-refractivity contribution in [1.29, 1.82) is 0 Å². The summed E-state index contributed by atoms with van der Waals surface area (Å²) < 4.78 is 52.7. The van der Waals surface area contributed by atoms with Crippen LogP contribution in [0.2, 0.25) is 0 Å². The molecule has 3 aromatic rings. The first-order valence-electron chi connectivity index (χ1n) is 9.78. The molecule has 1 aromatic carbocycles. The molecule has 0 spiro atoms. The van der Waals surface area contributed by atoms with Gasteiger partial charge in [-0.2, -0.15) is 13.2 Å². The molecule has 0 radical (unpaired) electrons. The molecule has 3 unspecified atom stereocenters. The summed E-state index contributed by atoms with van der Waals surface area (Å²) in [6.45, 7) is 1.60. The highest BCUT2D eigenvalue weighted by Gasteiger charge is 2.58. The van der Waals surface area contributed by atoms with E-state index < -0.39 is 30.2 Å². The van der Waals surface area contributed by atoms with Gasteiger partial charge in [0.2, 0.25) is 5.89 Å². The van der Waals surface area contributed by atoms with Crippen molar-refractivity contribution in [3.05, 3.63) is 59.9 Å². The number of rotatable bonds is 3. The van der Waals surface area contributed by atoms with E-state index in [9.17, 15) is 18.0 Å². The van der Waals surface area contributed by atoms with Gasteiger partial charge in [-0.05, 0) is 31.2 Å². The zero-order valence-corrected chi connectivity index (χ0v) is 17.0. The van der Waals surface area contributed by atoms with Crippen LogP contribution in [0.3, 0.4) is 0 Å². The number of allylic oxidation sites excluding steroid dienone is 1. The van der Waals surface area contributed by atoms with Crippen LogP contribution in [0.15, 0.2) is 52.7 Å². The molecule has 0 bridgehead atoms. The molecule has 11 heteroatoms. The van der Waals surface area contributed by atoms with Crippen molar-refractivity contribution >= 4 is 22.6 Å². The molecule has 2 aliphatic heterocycles. The molecule has 1 saturated heterocycles. The third kappa shape index (κ3) is 3.08. The number of carbonyl (C=O) groups excluding carboxylic acids is 1. The fourth-order valence-electron chi connectivity index (χ4n) is 4.20. The van der Waals surface area contributed by atoms with E-state index in [2.05, 4.69) is 20.7 Å². The van der Waals surface area contributed by atoms with Gasteiger partial charge in [0, 0.05) is 17.6 Å². The molecule has 2 aromatic heterocycles. The monoisotopic (exact) mass is 445 g/mol. The smallest absolute Gasteiger partial charge is 0.406 e. The Balaban J connectivity index is 1.58. The number of amides is 1. The quantitative estimate of drug-likeness (QED) is 0.640. The zero-order chi connectivity index (χ0) is 22.6. The van der Waals surface area contributed by atoms with Crippen molar-refractivity contribution in [2.24, 2.45) is 0 Å². The van der Waals surface area contributed by atoms with Gasteiger partial charge in [0.1, 0.15) is 23.5 Å². The van der Waals surface area contributed by atoms with Crippen molar-refractivity contribution in [2.45, 2.75) is 31.2 Å². The van der Waals surface area contributed by atoms with E-state index in [0.717, 1.165) is 5.01 Å². The molecule has 0 aliphatic carbocycles. The van der Waals surface area contributed by atoms with Crippen molar-refractivity contribution in [3.63, 3.8) is 0 Å². The van der Waals surface area contributed by atoms with Crippen LogP contribution in [-0.2, 0) is 4.79 Å². The highest BCUT2D eigenvalue weighted by molar-refractivity contribution is 6.20. The Morgan fingerprint density at radius 3 is 2.69 bits per heavy atom. The molecule has 3 atom stereocenters. The second-order valence-corrected chi connectivity index (χ2v) is 7.52. The third-order valence-corrected chi connectivity index (χ3v) is 5.63. The predicted molar refractivity (Wildman–Crippen MR) is 107 cm³/mol. The molecule has 0 saturated carbocycles. The van der Waals surface area contributed by atoms with E-state index >= 15 is 0 Å². The van der Waals surface area contributed by atoms with Crippen LogP contribution >= 0.6 is 0 Å². The lowest BCUT2D eigenvalue weighted by molar-refractivity contribution is -0.161. The lowest BCUT2D eigenvalue weighted by Crippen LogP contribution is -2.54. The number of halogens is 3. The number of nitrogens with zero attached hydrogens (tertiary/aromatic N) is 3. The van der Waals surface area contributed by atoms with Crippen molar-refractivity contribution < 1.29 is 27.1 Å². The maximum Gasteiger partial charge on any atom is 0.406 e. The number of methoxy groups -OCH3 is 1. The van der Waals surface area contributed by atoms with Gasteiger partial charge in [0.15, 0.2) is 11.1 Å². The van der Waals surface area contributed by atoms with Gasteiger partial charge in [-0.3, -0.25) is 9.78 Å². The molecule has 1 amide bonds. The van der Waals surface area contributed by atoms with Crippen LogP contribution in [0, 0.1) is 0 Å². The molecule has 166 valence electrons. The molecular weight excluding hydrogens is 427 g/mol. The molecule has 8 nitrogen and oxygen atoms in total. The Kier molecular flexibility index (Phi) is 4.59. The minimum absolute atomic E-state index is 0.00963. The highest BCUT2D eigenvalue weighted by Crippen LogP contribution is 2.42. The summed E-state index contributed by atoms with van der Waals surface area (Å²) >= 11 is 0. The molecule has 5 rings (SSSR count). The summed E-state index contributed by atoms with van der Waals surface area (Å²) in [6.07, 6.45) is -4.18. The summed E-state index contributed by atoms with van der Waals surface area (Å²) in [6, 6.07) is 7.82. The normalized spacial score (nSPS) is 23.5. The first-order chi connectivity index (χ1) is 15.3. The summed E-state index contributed by atoms with van der Waals surface area (Å²) in [7, 11) is 1.48. The molecule has 32 heavy (non-hydrogen) atoms. The van der Waals surface area contributed by atoms with Gasteiger partial charge in [0.05, 0.1) is 13.0 Å². The molecule has 2 aliphatic rings. The van der Waals surface area contributed by atoms with Crippen LogP contribution < -0.4 is 15.5 Å². The van der Waals surface area contributed by atoms with E-state index in [1.54, 1.807) is 37.3 Å². The number of hydrogen-bond donors (Lipinski definition) is 2. The third-order valence-electron chi connectivity index (χ3n) is 5.63. The largest absolute Gasteiger partial charge is 0.494 e. The standard InChI is InChI=1S/C21H18F3N5O3/c1-10-14(19-27-16-12(31-2)7-5-8-13(16)32-19)20(30)29-18(26-10)15(11-6-3-4-9-25-11)17(28-29)21(22,23)24/h3-9,15,17-18,26,28H,1-2H3. The maximum atomic E-state index is 13.9. The van der Waals surface area contributed by atoms with Gasteiger partial charge in [0.25, 0.3) is 5.91 Å². The number of hydrazine groups is 1. The first kappa shape index (κ1) is 20.3. The molecule has 4 heterocycles. The number of carbonyl (C=O) groups is 1. The van der Waals surface area contributed by atoms with E-state index in [1.807, 2.05) is 0 Å². The molecule has 2 N–H and O–H groups in total. The Morgan fingerprint density at radius 2 is 2.00 bits per heavy atom. The molecule has 1 fully saturated rings. The SMILES string of the molecule is COc1cccc2oc(C3=C(C)NC4C(c5ccccn5)C(C(F)(F)F)NN4C3=O)nc12. The Bertz CT molecular complexity index is 1220. The van der Waals surface area contributed by atoms with Crippen LogP contribution in [0.1, 0.15) is 24.4 Å². The summed E-state index contributed by atoms with van der Waals surface area (Å²) in [5.74, 6) is -1.38. The number of alkyl halides is 3. The number of benzene rings is 1. The number of ether oxygens (including phenoxy) is 1. The Hall–Kier alpha value is -3.60. The van der Waals surface area contributed by atoms with Gasteiger partial charge in [-0.25, -0.2) is 15.4 Å². The minimum atomic E-state index is -4.61. The van der Waals surface area contributed by atoms with E-state index in [0.29, 0.717) is 22.5 Å². The first-order valence-corrected chi connectivity index (χ1v) is 9.78. The number of hydrogen-bond acceptors (Lipinski definition) is 7. The highest BCUT2D eigenvalue weighted by atomic mass is 19.4. The maximum absolute atomic E-state index is 13.9. The minimum Gasteiger partial charge on any atom is -0.494 e. The number of fused-ring (bicyclic) bond motifs is 2. The lowest BCUT2D eigenvalue weighted by Gasteiger charge is -2.33. The van der Waals surface area contributed by atoms with E-state index in [1.165, 1.54) is 19.4 Å². The zero-order valence-electron chi connectivity index (χ0n) is 17.0. The fraction of sp³-hybridized carbons (Fsp3) is 0.286. The van der Waals surface area contributed by atoms with E-state index in [4.69, 9.17) is 9.15 Å². The predicted octanol–water partition coefficient (Wildman–Crippen LogP) is 2.95. The number of para-hydroxylation sites is 1. The van der Waals surface area contributed by atoms with Crippen LogP contribution in [-0.4, -0.2) is 46.4 Å². The van der Waals surface area contributed by atoms with Crippen LogP contribution in [0.25, 0.3) is 16.7 Å². The van der Waals surface area contributed by atoms with E-state index in [-0.39, 0.29) is 17.2 Å². The fourth-order valence-corrected chi connectivity index (χ4v) is 4.20. The molecular formula is C21H18F3N5O3. The van der Waals surface area contributed by atoms with Crippen molar-refractivity contribution in [1.82, 2.24) is 25.7 Å². The number of pyridine rings is 1. The van der Waals surface area contributed by atoms with Gasteiger partial charge < -0.3 is 14.5 Å². The summed E-state index contributed by atoms with van der Waals surface area (Å²) in [4.78, 5) is 21.8. The Morgan fingerprint density at radius 1 is 1.19 bits per heavy atom. The van der Waals surface area contributed by atoms with Crippen molar-refractivity contribution in [3.8, 4) is 5.75 Å². The number of aromatic nitrogens is 2.